The Kier molecular flexibility index (Phi) is 6.07. The molecule has 3 rings (SSSR count). The van der Waals surface area contributed by atoms with E-state index in [2.05, 4.69) is 5.32 Å². The summed E-state index contributed by atoms with van der Waals surface area (Å²) in [5, 5.41) is 3.61. The van der Waals surface area contributed by atoms with Crippen molar-refractivity contribution in [2.75, 3.05) is 19.8 Å². The van der Waals surface area contributed by atoms with Crippen molar-refractivity contribution in [2.24, 2.45) is 0 Å². The summed E-state index contributed by atoms with van der Waals surface area (Å²) in [4.78, 5) is 12.2. The van der Waals surface area contributed by atoms with Crippen LogP contribution in [0.3, 0.4) is 0 Å². The lowest BCUT2D eigenvalue weighted by Crippen LogP contribution is -2.44. The van der Waals surface area contributed by atoms with Gasteiger partial charge in [-0.1, -0.05) is 35.9 Å². The Balaban J connectivity index is 1.68. The van der Waals surface area contributed by atoms with Crippen LogP contribution in [-0.2, 0) is 14.9 Å². The highest BCUT2D eigenvalue weighted by Gasteiger charge is 2.34. The van der Waals surface area contributed by atoms with E-state index in [9.17, 15) is 9.18 Å². The van der Waals surface area contributed by atoms with E-state index in [-0.39, 0.29) is 17.1 Å². The van der Waals surface area contributed by atoms with Crippen molar-refractivity contribution in [3.8, 4) is 0 Å². The van der Waals surface area contributed by atoms with Gasteiger partial charge in [0.25, 0.3) is 0 Å². The molecule has 0 unspecified atom stereocenters. The molecule has 0 spiro atoms. The van der Waals surface area contributed by atoms with Crippen LogP contribution in [0.1, 0.15) is 24.0 Å². The third kappa shape index (κ3) is 4.71. The molecule has 1 aliphatic rings. The number of halogens is 2. The summed E-state index contributed by atoms with van der Waals surface area (Å²) in [6.07, 6.45) is 4.81. The van der Waals surface area contributed by atoms with E-state index in [1.807, 2.05) is 12.1 Å². The lowest BCUT2D eigenvalue weighted by molar-refractivity contribution is -0.116. The Bertz CT molecular complexity index is 783. The first-order valence-electron chi connectivity index (χ1n) is 8.63. The monoisotopic (exact) mass is 373 g/mol. The molecule has 0 bridgehead atoms. The summed E-state index contributed by atoms with van der Waals surface area (Å²) in [6.45, 7) is 1.75. The highest BCUT2D eigenvalue weighted by molar-refractivity contribution is 6.30. The van der Waals surface area contributed by atoms with Crippen molar-refractivity contribution in [2.45, 2.75) is 18.3 Å². The number of hydrogen-bond donors (Lipinski definition) is 1. The molecule has 2 aromatic rings. The average molecular weight is 374 g/mol. The van der Waals surface area contributed by atoms with E-state index in [4.69, 9.17) is 16.3 Å². The molecule has 0 aliphatic carbocycles. The number of ether oxygens (including phenoxy) is 1. The fourth-order valence-electron chi connectivity index (χ4n) is 3.23. The molecule has 1 N–H and O–H groups in total. The number of benzene rings is 2. The molecule has 0 aromatic heterocycles. The smallest absolute Gasteiger partial charge is 0.244 e. The third-order valence-corrected chi connectivity index (χ3v) is 5.02. The van der Waals surface area contributed by atoms with Gasteiger partial charge < -0.3 is 10.1 Å². The molecule has 0 radical (unpaired) electrons. The maximum atomic E-state index is 13.3. The maximum Gasteiger partial charge on any atom is 0.244 e. The Hall–Kier alpha value is -2.17. The van der Waals surface area contributed by atoms with Gasteiger partial charge >= 0.3 is 0 Å². The molecule has 1 fully saturated rings. The zero-order chi connectivity index (χ0) is 18.4. The molecule has 26 heavy (non-hydrogen) atoms. The lowest BCUT2D eigenvalue weighted by Gasteiger charge is -2.37. The van der Waals surface area contributed by atoms with Crippen molar-refractivity contribution in [1.82, 2.24) is 5.32 Å². The lowest BCUT2D eigenvalue weighted by atomic mass is 9.74. The molecule has 5 heteroatoms. The summed E-state index contributed by atoms with van der Waals surface area (Å²) >= 11 is 5.95. The van der Waals surface area contributed by atoms with Gasteiger partial charge in [0.1, 0.15) is 5.82 Å². The van der Waals surface area contributed by atoms with Crippen LogP contribution in [-0.4, -0.2) is 25.7 Å². The van der Waals surface area contributed by atoms with Gasteiger partial charge in [0.05, 0.1) is 0 Å². The van der Waals surface area contributed by atoms with E-state index in [1.54, 1.807) is 30.3 Å². The second kappa shape index (κ2) is 8.47. The van der Waals surface area contributed by atoms with Gasteiger partial charge in [0.2, 0.25) is 5.91 Å². The van der Waals surface area contributed by atoms with Crippen LogP contribution in [0.5, 0.6) is 0 Å². The van der Waals surface area contributed by atoms with Gasteiger partial charge in [0.15, 0.2) is 0 Å². The van der Waals surface area contributed by atoms with E-state index >= 15 is 0 Å². The quantitative estimate of drug-likeness (QED) is 0.791. The number of amides is 1. The molecule has 0 atom stereocenters. The SMILES string of the molecule is O=C(/C=C/c1cccc(Cl)c1)NCC1(c2ccc(F)cc2)CCOCC1. The number of rotatable bonds is 5. The largest absolute Gasteiger partial charge is 0.381 e. The molecular formula is C21H21ClFNO2. The summed E-state index contributed by atoms with van der Waals surface area (Å²) < 4.78 is 18.7. The average Bonchev–Trinajstić information content (AvgIpc) is 2.66. The molecule has 1 aliphatic heterocycles. The second-order valence-corrected chi connectivity index (χ2v) is 6.94. The molecular weight excluding hydrogens is 353 g/mol. The highest BCUT2D eigenvalue weighted by atomic mass is 35.5. The van der Waals surface area contributed by atoms with Gasteiger partial charge in [-0.2, -0.15) is 0 Å². The Morgan fingerprint density at radius 3 is 2.62 bits per heavy atom. The topological polar surface area (TPSA) is 38.3 Å². The predicted molar refractivity (Wildman–Crippen MR) is 102 cm³/mol. The van der Waals surface area contributed by atoms with Crippen LogP contribution < -0.4 is 5.32 Å². The van der Waals surface area contributed by atoms with Gasteiger partial charge in [-0.3, -0.25) is 4.79 Å². The van der Waals surface area contributed by atoms with Crippen LogP contribution in [0, 0.1) is 5.82 Å². The number of nitrogens with one attached hydrogen (secondary N) is 1. The summed E-state index contributed by atoms with van der Waals surface area (Å²) in [5.41, 5.74) is 1.67. The van der Waals surface area contributed by atoms with Crippen molar-refractivity contribution in [3.05, 3.63) is 76.6 Å². The number of carbonyl (C=O) groups is 1. The summed E-state index contributed by atoms with van der Waals surface area (Å²) in [6, 6.07) is 13.8. The van der Waals surface area contributed by atoms with Gasteiger partial charge in [-0.05, 0) is 54.3 Å². The van der Waals surface area contributed by atoms with Gasteiger partial charge in [-0.25, -0.2) is 4.39 Å². The van der Waals surface area contributed by atoms with Crippen LogP contribution in [0.4, 0.5) is 4.39 Å². The molecule has 2 aromatic carbocycles. The summed E-state index contributed by atoms with van der Waals surface area (Å²) in [5.74, 6) is -0.428. The molecule has 0 saturated carbocycles. The van der Waals surface area contributed by atoms with Gasteiger partial charge in [-0.15, -0.1) is 0 Å². The Labute approximate surface area is 157 Å². The fraction of sp³-hybridized carbons (Fsp3) is 0.286. The summed E-state index contributed by atoms with van der Waals surface area (Å²) in [7, 11) is 0. The molecule has 1 saturated heterocycles. The minimum Gasteiger partial charge on any atom is -0.381 e. The first-order chi connectivity index (χ1) is 12.6. The minimum atomic E-state index is -0.260. The van der Waals surface area contributed by atoms with E-state index < -0.39 is 0 Å². The van der Waals surface area contributed by atoms with Crippen LogP contribution in [0.15, 0.2) is 54.6 Å². The first-order valence-corrected chi connectivity index (χ1v) is 9.01. The van der Waals surface area contributed by atoms with E-state index in [1.165, 1.54) is 18.2 Å². The third-order valence-electron chi connectivity index (χ3n) is 4.78. The van der Waals surface area contributed by atoms with Crippen molar-refractivity contribution in [1.29, 1.82) is 0 Å². The van der Waals surface area contributed by atoms with Crippen molar-refractivity contribution < 1.29 is 13.9 Å². The normalized spacial score (nSPS) is 16.5. The Morgan fingerprint density at radius 1 is 1.19 bits per heavy atom. The highest BCUT2D eigenvalue weighted by Crippen LogP contribution is 2.34. The predicted octanol–water partition coefficient (Wildman–Crippen LogP) is 4.36. The van der Waals surface area contributed by atoms with Crippen molar-refractivity contribution >= 4 is 23.6 Å². The van der Waals surface area contributed by atoms with Crippen LogP contribution in [0.25, 0.3) is 6.08 Å². The minimum absolute atomic E-state index is 0.169. The van der Waals surface area contributed by atoms with Crippen LogP contribution in [0.2, 0.25) is 5.02 Å². The van der Waals surface area contributed by atoms with E-state index in [0.717, 1.165) is 24.0 Å². The van der Waals surface area contributed by atoms with Crippen LogP contribution >= 0.6 is 11.6 Å². The zero-order valence-corrected chi connectivity index (χ0v) is 15.1. The van der Waals surface area contributed by atoms with E-state index in [0.29, 0.717) is 24.8 Å². The zero-order valence-electron chi connectivity index (χ0n) is 14.4. The van der Waals surface area contributed by atoms with Crippen molar-refractivity contribution in [3.63, 3.8) is 0 Å². The maximum absolute atomic E-state index is 13.3. The Morgan fingerprint density at radius 2 is 1.92 bits per heavy atom. The molecule has 1 amide bonds. The number of hydrogen-bond acceptors (Lipinski definition) is 2. The number of carbonyl (C=O) groups excluding carboxylic acids is 1. The fourth-order valence-corrected chi connectivity index (χ4v) is 3.43. The van der Waals surface area contributed by atoms with Gasteiger partial charge in [0, 0.05) is 36.3 Å². The second-order valence-electron chi connectivity index (χ2n) is 6.51. The molecule has 136 valence electrons. The first kappa shape index (κ1) is 18.6. The molecule has 3 nitrogen and oxygen atoms in total. The molecule has 1 heterocycles. The standard InChI is InChI=1S/C21H21ClFNO2/c22-18-3-1-2-16(14-18)4-9-20(25)24-15-21(10-12-26-13-11-21)17-5-7-19(23)8-6-17/h1-9,14H,10-13,15H2,(H,24,25)/b9-4+.